The van der Waals surface area contributed by atoms with Gasteiger partial charge in [-0.3, -0.25) is 14.4 Å². The molecular weight excluding hydrogens is 306 g/mol. The minimum atomic E-state index is -0.441. The molecule has 2 heterocycles. The summed E-state index contributed by atoms with van der Waals surface area (Å²) in [6.45, 7) is 1.18. The number of rotatable bonds is 4. The summed E-state index contributed by atoms with van der Waals surface area (Å²) < 4.78 is 1.69. The number of aromatic nitrogens is 2. The van der Waals surface area contributed by atoms with Crippen molar-refractivity contribution >= 4 is 11.7 Å². The molecule has 0 bridgehead atoms. The van der Waals surface area contributed by atoms with Gasteiger partial charge < -0.3 is 15.2 Å². The molecule has 1 aromatic carbocycles. The average Bonchev–Trinajstić information content (AvgIpc) is 2.85. The van der Waals surface area contributed by atoms with Gasteiger partial charge in [-0.05, 0) is 14.1 Å². The molecule has 0 aliphatic carbocycles. The van der Waals surface area contributed by atoms with E-state index in [0.29, 0.717) is 6.54 Å². The molecule has 0 radical (unpaired) electrons. The van der Waals surface area contributed by atoms with Gasteiger partial charge in [0.1, 0.15) is 11.9 Å². The number of nitrogens with one attached hydrogen (secondary N) is 1. The van der Waals surface area contributed by atoms with Gasteiger partial charge in [-0.2, -0.15) is 5.10 Å². The van der Waals surface area contributed by atoms with E-state index in [-0.39, 0.29) is 17.5 Å². The van der Waals surface area contributed by atoms with E-state index in [4.69, 9.17) is 0 Å². The number of amides is 1. The van der Waals surface area contributed by atoms with Crippen molar-refractivity contribution in [3.05, 3.63) is 52.9 Å². The second-order valence-electron chi connectivity index (χ2n) is 6.38. The normalized spacial score (nSPS) is 21.0. The molecule has 0 saturated heterocycles. The molecule has 0 spiro atoms. The molecule has 0 saturated carbocycles. The van der Waals surface area contributed by atoms with E-state index in [1.807, 2.05) is 56.4 Å². The number of hydrogen-bond acceptors (Lipinski definition) is 4. The minimum absolute atomic E-state index is 0.0761. The quantitative estimate of drug-likeness (QED) is 0.789. The topological polar surface area (TPSA) is 68.9 Å². The highest BCUT2D eigenvalue weighted by Gasteiger charge is 2.36. The van der Waals surface area contributed by atoms with E-state index in [1.54, 1.807) is 15.8 Å². The zero-order valence-electron chi connectivity index (χ0n) is 14.3. The van der Waals surface area contributed by atoms with Crippen LogP contribution in [-0.2, 0) is 11.8 Å². The maximum absolute atomic E-state index is 12.8. The van der Waals surface area contributed by atoms with Crippen molar-refractivity contribution < 1.29 is 9.86 Å². The van der Waals surface area contributed by atoms with E-state index in [1.165, 1.54) is 0 Å². The Morgan fingerprint density at radius 1 is 1.33 bits per heavy atom. The fourth-order valence-corrected chi connectivity index (χ4v) is 3.16. The highest BCUT2D eigenvalue weighted by molar-refractivity contribution is 5.94. The largest absolute Gasteiger partial charge is 0.633 e. The van der Waals surface area contributed by atoms with Gasteiger partial charge >= 0.3 is 0 Å². The summed E-state index contributed by atoms with van der Waals surface area (Å²) in [6, 6.07) is 9.16. The van der Waals surface area contributed by atoms with Gasteiger partial charge in [-0.25, -0.2) is 0 Å². The number of fused-ring (bicyclic) bond motifs is 1. The van der Waals surface area contributed by atoms with Crippen LogP contribution in [0, 0.1) is 5.21 Å². The molecular formula is C17H23N5O2. The third kappa shape index (κ3) is 3.06. The van der Waals surface area contributed by atoms with Crippen LogP contribution in [0.15, 0.2) is 36.5 Å². The van der Waals surface area contributed by atoms with E-state index in [0.717, 1.165) is 23.5 Å². The lowest BCUT2D eigenvalue weighted by atomic mass is 10.0. The van der Waals surface area contributed by atoms with Crippen molar-refractivity contribution in [3.63, 3.8) is 0 Å². The van der Waals surface area contributed by atoms with Gasteiger partial charge in [0.15, 0.2) is 6.54 Å². The number of carbonyl (C=O) groups excluding carboxylic acids is 1. The summed E-state index contributed by atoms with van der Waals surface area (Å²) in [6.07, 6.45) is 1.71. The highest BCUT2D eigenvalue weighted by Crippen LogP contribution is 2.30. The Labute approximate surface area is 141 Å². The lowest BCUT2D eigenvalue weighted by Gasteiger charge is -2.28. The minimum Gasteiger partial charge on any atom is -0.633 e. The second kappa shape index (κ2) is 6.72. The first-order chi connectivity index (χ1) is 11.5. The number of hydroxylamine groups is 2. The first-order valence-corrected chi connectivity index (χ1v) is 8.03. The van der Waals surface area contributed by atoms with E-state index in [2.05, 4.69) is 5.10 Å². The summed E-state index contributed by atoms with van der Waals surface area (Å²) in [5.41, 5.74) is 1.71. The summed E-state index contributed by atoms with van der Waals surface area (Å²) in [5.74, 6) is 0.562. The summed E-state index contributed by atoms with van der Waals surface area (Å²) in [4.78, 5) is 16.4. The van der Waals surface area contributed by atoms with Crippen molar-refractivity contribution in [2.75, 3.05) is 38.6 Å². The number of nitrogens with zero attached hydrogens (tertiary/aromatic N) is 4. The van der Waals surface area contributed by atoms with Crippen molar-refractivity contribution in [3.8, 4) is 0 Å². The SMILES string of the molecule is CN(C)CCN1C(=O)C[NH+]([O-])C(c2ccccc2)c2cnn(C)c21. The van der Waals surface area contributed by atoms with Crippen LogP contribution in [0.2, 0.25) is 0 Å². The fraction of sp³-hybridized carbons (Fsp3) is 0.412. The van der Waals surface area contributed by atoms with Gasteiger partial charge in [-0.15, -0.1) is 0 Å². The zero-order valence-corrected chi connectivity index (χ0v) is 14.3. The van der Waals surface area contributed by atoms with Gasteiger partial charge in [0, 0.05) is 25.7 Å². The molecule has 24 heavy (non-hydrogen) atoms. The lowest BCUT2D eigenvalue weighted by molar-refractivity contribution is -0.866. The Hall–Kier alpha value is -2.22. The number of carbonyl (C=O) groups is 1. The predicted octanol–water partition coefficient (Wildman–Crippen LogP) is -0.200. The molecule has 1 N–H and O–H groups in total. The van der Waals surface area contributed by atoms with Gasteiger partial charge in [0.25, 0.3) is 5.91 Å². The number of aryl methyl sites for hydroxylation is 1. The lowest BCUT2D eigenvalue weighted by Crippen LogP contribution is -3.08. The van der Waals surface area contributed by atoms with Crippen LogP contribution in [0.4, 0.5) is 5.82 Å². The molecule has 2 atom stereocenters. The van der Waals surface area contributed by atoms with Crippen LogP contribution in [0.5, 0.6) is 0 Å². The molecule has 7 nitrogen and oxygen atoms in total. The molecule has 7 heteroatoms. The number of benzene rings is 1. The zero-order chi connectivity index (χ0) is 17.3. The van der Waals surface area contributed by atoms with Gasteiger partial charge in [0.05, 0.1) is 11.8 Å². The molecule has 0 fully saturated rings. The Bertz CT molecular complexity index is 713. The van der Waals surface area contributed by atoms with Crippen LogP contribution in [0.3, 0.4) is 0 Å². The number of quaternary nitrogens is 1. The second-order valence-corrected chi connectivity index (χ2v) is 6.38. The van der Waals surface area contributed by atoms with Crippen molar-refractivity contribution in [1.29, 1.82) is 0 Å². The van der Waals surface area contributed by atoms with Crippen LogP contribution in [0.25, 0.3) is 0 Å². The molecule has 1 aliphatic rings. The summed E-state index contributed by atoms with van der Waals surface area (Å²) in [7, 11) is 5.74. The van der Waals surface area contributed by atoms with Gasteiger partial charge in [0.2, 0.25) is 0 Å². The predicted molar refractivity (Wildman–Crippen MR) is 91.6 cm³/mol. The summed E-state index contributed by atoms with van der Waals surface area (Å²) >= 11 is 0. The van der Waals surface area contributed by atoms with E-state index in [9.17, 15) is 10.0 Å². The molecule has 128 valence electrons. The molecule has 2 aromatic rings. The third-order valence-electron chi connectivity index (χ3n) is 4.35. The number of hydrogen-bond donors (Lipinski definition) is 1. The third-order valence-corrected chi connectivity index (χ3v) is 4.35. The van der Waals surface area contributed by atoms with Crippen LogP contribution < -0.4 is 9.96 Å². The maximum atomic E-state index is 12.8. The van der Waals surface area contributed by atoms with E-state index >= 15 is 0 Å². The average molecular weight is 329 g/mol. The van der Waals surface area contributed by atoms with Crippen molar-refractivity contribution in [1.82, 2.24) is 14.7 Å². The Morgan fingerprint density at radius 3 is 2.71 bits per heavy atom. The molecule has 3 rings (SSSR count). The summed E-state index contributed by atoms with van der Waals surface area (Å²) in [5, 5.41) is 17.0. The first kappa shape index (κ1) is 16.6. The van der Waals surface area contributed by atoms with Crippen molar-refractivity contribution in [2.45, 2.75) is 6.04 Å². The molecule has 2 unspecified atom stereocenters. The molecule has 1 aliphatic heterocycles. The molecule has 1 amide bonds. The van der Waals surface area contributed by atoms with Crippen LogP contribution in [-0.4, -0.2) is 54.3 Å². The van der Waals surface area contributed by atoms with Gasteiger partial charge in [-0.1, -0.05) is 30.3 Å². The standard InChI is InChI=1S/C17H23N5O2/c1-19(2)9-10-21-15(23)12-22(24)16(13-7-5-4-6-8-13)14-11-18-20(3)17(14)21/h4-8,11,16,22H,9-10,12H2,1-3H3. The Kier molecular flexibility index (Phi) is 4.66. The van der Waals surface area contributed by atoms with Crippen molar-refractivity contribution in [2.24, 2.45) is 7.05 Å². The van der Waals surface area contributed by atoms with Crippen LogP contribution >= 0.6 is 0 Å². The molecule has 1 aromatic heterocycles. The maximum Gasteiger partial charge on any atom is 0.283 e. The number of anilines is 1. The highest BCUT2D eigenvalue weighted by atomic mass is 16.5. The Morgan fingerprint density at radius 2 is 2.04 bits per heavy atom. The monoisotopic (exact) mass is 329 g/mol. The Balaban J connectivity index is 2.06. The fourth-order valence-electron chi connectivity index (χ4n) is 3.16. The first-order valence-electron chi connectivity index (χ1n) is 8.03. The van der Waals surface area contributed by atoms with E-state index < -0.39 is 6.04 Å². The smallest absolute Gasteiger partial charge is 0.283 e. The number of likely N-dealkylation sites (N-methyl/N-ethyl adjacent to an activating group) is 1. The van der Waals surface area contributed by atoms with Crippen LogP contribution in [0.1, 0.15) is 17.2 Å².